The summed E-state index contributed by atoms with van der Waals surface area (Å²) in [5.41, 5.74) is 0.831. The molecule has 0 aliphatic heterocycles. The molecule has 0 radical (unpaired) electrons. The maximum atomic E-state index is 10.7. The highest BCUT2D eigenvalue weighted by Gasteiger charge is 2.13. The van der Waals surface area contributed by atoms with Crippen molar-refractivity contribution in [2.24, 2.45) is 0 Å². The third kappa shape index (κ3) is 3.77. The summed E-state index contributed by atoms with van der Waals surface area (Å²) in [4.78, 5) is 16.9. The molecule has 4 nitrogen and oxygen atoms in total. The standard InChI is InChI=1S/C10H16N2O2S2/c1-7(5-15-3)12(2)4-8-6-16-9(11-8)10(13)14/h6-7H,4-5H2,1-3H3,(H,13,14). The van der Waals surface area contributed by atoms with Crippen LogP contribution in [0.2, 0.25) is 0 Å². The number of hydrogen-bond donors (Lipinski definition) is 1. The van der Waals surface area contributed by atoms with Crippen LogP contribution in [0.5, 0.6) is 0 Å². The van der Waals surface area contributed by atoms with Crippen LogP contribution in [0.4, 0.5) is 0 Å². The normalized spacial score (nSPS) is 13.0. The zero-order valence-corrected chi connectivity index (χ0v) is 11.3. The Balaban J connectivity index is 2.55. The highest BCUT2D eigenvalue weighted by Crippen LogP contribution is 2.13. The smallest absolute Gasteiger partial charge is 0.365 e. The molecule has 0 fully saturated rings. The topological polar surface area (TPSA) is 53.4 Å². The van der Waals surface area contributed by atoms with Gasteiger partial charge in [-0.1, -0.05) is 0 Å². The van der Waals surface area contributed by atoms with Crippen LogP contribution in [0, 0.1) is 0 Å². The monoisotopic (exact) mass is 260 g/mol. The SMILES string of the molecule is CSCC(C)N(C)Cc1csc(C(=O)O)n1. The molecule has 1 heterocycles. The summed E-state index contributed by atoms with van der Waals surface area (Å²) in [6.45, 7) is 2.85. The molecule has 0 spiro atoms. The Bertz CT molecular complexity index is 354. The van der Waals surface area contributed by atoms with E-state index in [0.29, 0.717) is 12.6 Å². The zero-order chi connectivity index (χ0) is 12.1. The number of carboxylic acid groups (broad SMARTS) is 1. The number of thioether (sulfide) groups is 1. The van der Waals surface area contributed by atoms with E-state index in [4.69, 9.17) is 5.11 Å². The first-order valence-corrected chi connectivity index (χ1v) is 7.18. The van der Waals surface area contributed by atoms with Crippen LogP contribution in [0.1, 0.15) is 22.4 Å². The van der Waals surface area contributed by atoms with Gasteiger partial charge in [-0.05, 0) is 20.2 Å². The summed E-state index contributed by atoms with van der Waals surface area (Å²) < 4.78 is 0. The van der Waals surface area contributed by atoms with E-state index in [-0.39, 0.29) is 5.01 Å². The Morgan fingerprint density at radius 2 is 2.44 bits per heavy atom. The van der Waals surface area contributed by atoms with E-state index >= 15 is 0 Å². The van der Waals surface area contributed by atoms with Gasteiger partial charge < -0.3 is 5.11 Å². The van der Waals surface area contributed by atoms with Crippen molar-refractivity contribution in [3.8, 4) is 0 Å². The number of aromatic nitrogens is 1. The van der Waals surface area contributed by atoms with Gasteiger partial charge in [0, 0.05) is 23.7 Å². The van der Waals surface area contributed by atoms with Gasteiger partial charge >= 0.3 is 5.97 Å². The maximum Gasteiger partial charge on any atom is 0.365 e. The minimum atomic E-state index is -0.948. The lowest BCUT2D eigenvalue weighted by molar-refractivity contribution is 0.0696. The minimum absolute atomic E-state index is 0.168. The number of hydrogen-bond acceptors (Lipinski definition) is 5. The Morgan fingerprint density at radius 3 is 2.94 bits per heavy atom. The molecule has 1 unspecified atom stereocenters. The van der Waals surface area contributed by atoms with Crippen molar-refractivity contribution in [2.45, 2.75) is 19.5 Å². The van der Waals surface area contributed by atoms with Crippen LogP contribution in [0.25, 0.3) is 0 Å². The highest BCUT2D eigenvalue weighted by atomic mass is 32.2. The lowest BCUT2D eigenvalue weighted by Gasteiger charge is -2.22. The molecule has 90 valence electrons. The van der Waals surface area contributed by atoms with Gasteiger partial charge in [-0.2, -0.15) is 11.8 Å². The minimum Gasteiger partial charge on any atom is -0.476 e. The van der Waals surface area contributed by atoms with Crippen molar-refractivity contribution in [3.63, 3.8) is 0 Å². The molecule has 16 heavy (non-hydrogen) atoms. The maximum absolute atomic E-state index is 10.7. The lowest BCUT2D eigenvalue weighted by atomic mass is 10.3. The van der Waals surface area contributed by atoms with E-state index in [1.165, 1.54) is 11.3 Å². The van der Waals surface area contributed by atoms with Crippen LogP contribution in [0.3, 0.4) is 0 Å². The van der Waals surface area contributed by atoms with Crippen molar-refractivity contribution in [1.82, 2.24) is 9.88 Å². The Kier molecular flexibility index (Phi) is 5.24. The quantitative estimate of drug-likeness (QED) is 0.848. The van der Waals surface area contributed by atoms with Crippen molar-refractivity contribution >= 4 is 29.1 Å². The van der Waals surface area contributed by atoms with Gasteiger partial charge in [-0.15, -0.1) is 11.3 Å². The summed E-state index contributed by atoms with van der Waals surface area (Å²) in [7, 11) is 2.03. The Hall–Kier alpha value is -0.590. The first-order valence-electron chi connectivity index (χ1n) is 4.91. The van der Waals surface area contributed by atoms with Gasteiger partial charge in [-0.25, -0.2) is 9.78 Å². The number of nitrogens with zero attached hydrogens (tertiary/aromatic N) is 2. The average molecular weight is 260 g/mol. The summed E-state index contributed by atoms with van der Waals surface area (Å²) in [5.74, 6) is 0.114. The Labute approximate surface area is 104 Å². The first-order chi connectivity index (χ1) is 7.54. The molecule has 1 aromatic rings. The molecule has 1 rings (SSSR count). The summed E-state index contributed by atoms with van der Waals surface area (Å²) >= 11 is 2.99. The third-order valence-electron chi connectivity index (χ3n) is 2.31. The fourth-order valence-electron chi connectivity index (χ4n) is 1.26. The average Bonchev–Trinajstić information content (AvgIpc) is 2.66. The van der Waals surface area contributed by atoms with Gasteiger partial charge in [0.2, 0.25) is 5.01 Å². The van der Waals surface area contributed by atoms with E-state index in [1.807, 2.05) is 12.4 Å². The van der Waals surface area contributed by atoms with E-state index in [9.17, 15) is 4.79 Å². The van der Waals surface area contributed by atoms with Crippen LogP contribution < -0.4 is 0 Å². The van der Waals surface area contributed by atoms with Crippen LogP contribution >= 0.6 is 23.1 Å². The zero-order valence-electron chi connectivity index (χ0n) is 9.64. The van der Waals surface area contributed by atoms with E-state index in [0.717, 1.165) is 11.4 Å². The second-order valence-corrected chi connectivity index (χ2v) is 5.44. The van der Waals surface area contributed by atoms with Crippen LogP contribution in [-0.2, 0) is 6.54 Å². The summed E-state index contributed by atoms with van der Waals surface area (Å²) in [5, 5.41) is 10.7. The molecule has 0 saturated heterocycles. The highest BCUT2D eigenvalue weighted by molar-refractivity contribution is 7.98. The van der Waals surface area contributed by atoms with E-state index in [1.54, 1.807) is 11.8 Å². The van der Waals surface area contributed by atoms with E-state index < -0.39 is 5.97 Å². The van der Waals surface area contributed by atoms with Crippen LogP contribution in [-0.4, -0.2) is 46.1 Å². The second kappa shape index (κ2) is 6.22. The lowest BCUT2D eigenvalue weighted by Crippen LogP contribution is -2.30. The van der Waals surface area contributed by atoms with Crippen molar-refractivity contribution in [1.29, 1.82) is 0 Å². The van der Waals surface area contributed by atoms with Gasteiger partial charge in [0.25, 0.3) is 0 Å². The molecule has 0 aliphatic carbocycles. The van der Waals surface area contributed by atoms with Crippen molar-refractivity contribution in [2.75, 3.05) is 19.1 Å². The molecule has 0 saturated carbocycles. The number of aromatic carboxylic acids is 1. The van der Waals surface area contributed by atoms with Gasteiger partial charge in [0.05, 0.1) is 5.69 Å². The fourth-order valence-corrected chi connectivity index (χ4v) is 2.64. The fraction of sp³-hybridized carbons (Fsp3) is 0.600. The summed E-state index contributed by atoms with van der Waals surface area (Å²) in [6.07, 6.45) is 2.08. The van der Waals surface area contributed by atoms with Gasteiger partial charge in [0.15, 0.2) is 0 Å². The van der Waals surface area contributed by atoms with Crippen molar-refractivity contribution < 1.29 is 9.90 Å². The molecular weight excluding hydrogens is 244 g/mol. The largest absolute Gasteiger partial charge is 0.476 e. The van der Waals surface area contributed by atoms with Crippen LogP contribution in [0.15, 0.2) is 5.38 Å². The molecule has 0 aliphatic rings. The predicted octanol–water partition coefficient (Wildman–Crippen LogP) is 2.02. The molecule has 0 aromatic carbocycles. The number of rotatable bonds is 6. The number of carbonyl (C=O) groups is 1. The van der Waals surface area contributed by atoms with Crippen molar-refractivity contribution in [3.05, 3.63) is 16.1 Å². The molecular formula is C10H16N2O2S2. The number of thiazole rings is 1. The molecule has 1 aromatic heterocycles. The molecule has 1 N–H and O–H groups in total. The molecule has 6 heteroatoms. The molecule has 1 atom stereocenters. The van der Waals surface area contributed by atoms with Gasteiger partial charge in [0.1, 0.15) is 0 Å². The molecule has 0 amide bonds. The Morgan fingerprint density at radius 1 is 1.75 bits per heavy atom. The second-order valence-electron chi connectivity index (χ2n) is 3.67. The first kappa shape index (κ1) is 13.5. The predicted molar refractivity (Wildman–Crippen MR) is 68.4 cm³/mol. The van der Waals surface area contributed by atoms with Gasteiger partial charge in [-0.3, -0.25) is 4.90 Å². The summed E-state index contributed by atoms with van der Waals surface area (Å²) in [6, 6.07) is 0.463. The molecule has 0 bridgehead atoms. The number of carboxylic acids is 1. The van der Waals surface area contributed by atoms with E-state index in [2.05, 4.69) is 23.1 Å². The third-order valence-corrected chi connectivity index (χ3v) is 4.00.